The van der Waals surface area contributed by atoms with Crippen LogP contribution >= 0.6 is 0 Å². The van der Waals surface area contributed by atoms with Gasteiger partial charge in [0.15, 0.2) is 0 Å². The summed E-state index contributed by atoms with van der Waals surface area (Å²) in [6.07, 6.45) is 2.42. The van der Waals surface area contributed by atoms with Crippen LogP contribution < -0.4 is 0 Å². The normalized spacial score (nSPS) is 11.3. The van der Waals surface area contributed by atoms with Crippen LogP contribution in [-0.2, 0) is 13.0 Å². The topological polar surface area (TPSA) is 3.24 Å². The third kappa shape index (κ3) is 4.05. The van der Waals surface area contributed by atoms with Gasteiger partial charge in [-0.15, -0.1) is 0 Å². The standard InChI is InChI=1S/C14H23N/c1-5-7-13-8-6-9-14(10-13)11-15(4)12(2)3/h6,8-10,12H,5,7,11H2,1-4H3. The zero-order chi connectivity index (χ0) is 11.3. The molecule has 0 saturated heterocycles. The van der Waals surface area contributed by atoms with Gasteiger partial charge in [-0.1, -0.05) is 37.6 Å². The summed E-state index contributed by atoms with van der Waals surface area (Å²) < 4.78 is 0. The lowest BCUT2D eigenvalue weighted by Crippen LogP contribution is -2.25. The first-order valence-corrected chi connectivity index (χ1v) is 5.91. The van der Waals surface area contributed by atoms with Crippen LogP contribution in [0, 0.1) is 0 Å². The fourth-order valence-electron chi connectivity index (χ4n) is 1.64. The van der Waals surface area contributed by atoms with Gasteiger partial charge < -0.3 is 0 Å². The molecule has 1 aromatic carbocycles. The first kappa shape index (κ1) is 12.3. The largest absolute Gasteiger partial charge is 0.300 e. The SMILES string of the molecule is CCCc1cccc(CN(C)C(C)C)c1. The lowest BCUT2D eigenvalue weighted by atomic mass is 10.1. The van der Waals surface area contributed by atoms with E-state index in [0.717, 1.165) is 6.54 Å². The molecule has 0 aliphatic heterocycles. The molecule has 84 valence electrons. The summed E-state index contributed by atoms with van der Waals surface area (Å²) >= 11 is 0. The van der Waals surface area contributed by atoms with Crippen molar-refractivity contribution < 1.29 is 0 Å². The molecule has 0 aliphatic carbocycles. The third-order valence-electron chi connectivity index (χ3n) is 2.84. The van der Waals surface area contributed by atoms with E-state index in [1.807, 2.05) is 0 Å². The van der Waals surface area contributed by atoms with Gasteiger partial charge in [0.1, 0.15) is 0 Å². The van der Waals surface area contributed by atoms with Crippen molar-refractivity contribution in [2.24, 2.45) is 0 Å². The van der Waals surface area contributed by atoms with Crippen LogP contribution in [0.4, 0.5) is 0 Å². The number of aryl methyl sites for hydroxylation is 1. The number of benzene rings is 1. The van der Waals surface area contributed by atoms with E-state index < -0.39 is 0 Å². The molecule has 0 aromatic heterocycles. The molecule has 0 bridgehead atoms. The van der Waals surface area contributed by atoms with Crippen molar-refractivity contribution in [2.75, 3.05) is 7.05 Å². The van der Waals surface area contributed by atoms with Crippen LogP contribution in [0.25, 0.3) is 0 Å². The maximum Gasteiger partial charge on any atom is 0.0233 e. The molecule has 0 saturated carbocycles. The molecule has 0 aliphatic rings. The number of hydrogen-bond donors (Lipinski definition) is 0. The molecule has 1 heteroatoms. The highest BCUT2D eigenvalue weighted by atomic mass is 15.1. The van der Waals surface area contributed by atoms with E-state index in [-0.39, 0.29) is 0 Å². The lowest BCUT2D eigenvalue weighted by molar-refractivity contribution is 0.266. The zero-order valence-corrected chi connectivity index (χ0v) is 10.5. The van der Waals surface area contributed by atoms with E-state index in [9.17, 15) is 0 Å². The van der Waals surface area contributed by atoms with Crippen molar-refractivity contribution in [1.82, 2.24) is 4.90 Å². The van der Waals surface area contributed by atoms with Crippen LogP contribution in [0.15, 0.2) is 24.3 Å². The van der Waals surface area contributed by atoms with Crippen molar-refractivity contribution >= 4 is 0 Å². The number of nitrogens with zero attached hydrogens (tertiary/aromatic N) is 1. The first-order chi connectivity index (χ1) is 7.13. The Hall–Kier alpha value is -0.820. The maximum atomic E-state index is 2.37. The Labute approximate surface area is 94.1 Å². The van der Waals surface area contributed by atoms with Gasteiger partial charge in [0.2, 0.25) is 0 Å². The van der Waals surface area contributed by atoms with Crippen molar-refractivity contribution in [3.63, 3.8) is 0 Å². The molecular weight excluding hydrogens is 182 g/mol. The molecule has 15 heavy (non-hydrogen) atoms. The lowest BCUT2D eigenvalue weighted by Gasteiger charge is -2.21. The molecule has 0 spiro atoms. The van der Waals surface area contributed by atoms with E-state index in [1.165, 1.54) is 24.0 Å². The minimum Gasteiger partial charge on any atom is -0.300 e. The Balaban J connectivity index is 2.64. The van der Waals surface area contributed by atoms with E-state index >= 15 is 0 Å². The summed E-state index contributed by atoms with van der Waals surface area (Å²) in [5.41, 5.74) is 2.89. The predicted octanol–water partition coefficient (Wildman–Crippen LogP) is 3.48. The number of hydrogen-bond acceptors (Lipinski definition) is 1. The van der Waals surface area contributed by atoms with E-state index in [2.05, 4.69) is 57.0 Å². The minimum absolute atomic E-state index is 0.611. The summed E-state index contributed by atoms with van der Waals surface area (Å²) in [4.78, 5) is 2.37. The maximum absolute atomic E-state index is 2.37. The molecule has 0 amide bonds. The Morgan fingerprint density at radius 2 is 1.87 bits per heavy atom. The van der Waals surface area contributed by atoms with Gasteiger partial charge in [-0.25, -0.2) is 0 Å². The summed E-state index contributed by atoms with van der Waals surface area (Å²) in [7, 11) is 2.18. The molecule has 0 fully saturated rings. The molecule has 1 nitrogen and oxygen atoms in total. The van der Waals surface area contributed by atoms with Gasteiger partial charge in [0.25, 0.3) is 0 Å². The number of rotatable bonds is 5. The second-order valence-electron chi connectivity index (χ2n) is 4.58. The Bertz CT molecular complexity index is 291. The Kier molecular flexibility index (Phi) is 4.83. The molecule has 0 unspecified atom stereocenters. The molecule has 1 rings (SSSR count). The van der Waals surface area contributed by atoms with Crippen molar-refractivity contribution in [3.8, 4) is 0 Å². The highest BCUT2D eigenvalue weighted by molar-refractivity contribution is 5.23. The highest BCUT2D eigenvalue weighted by Crippen LogP contribution is 2.10. The van der Waals surface area contributed by atoms with E-state index in [1.54, 1.807) is 0 Å². The van der Waals surface area contributed by atoms with Crippen LogP contribution in [0.2, 0.25) is 0 Å². The van der Waals surface area contributed by atoms with Gasteiger partial charge in [-0.3, -0.25) is 4.90 Å². The van der Waals surface area contributed by atoms with E-state index in [4.69, 9.17) is 0 Å². The second-order valence-corrected chi connectivity index (χ2v) is 4.58. The van der Waals surface area contributed by atoms with Crippen LogP contribution in [0.3, 0.4) is 0 Å². The van der Waals surface area contributed by atoms with Crippen LogP contribution in [0.1, 0.15) is 38.3 Å². The van der Waals surface area contributed by atoms with Gasteiger partial charge in [0.05, 0.1) is 0 Å². The molecule has 1 aromatic rings. The molecule has 0 radical (unpaired) electrons. The smallest absolute Gasteiger partial charge is 0.0233 e. The predicted molar refractivity (Wildman–Crippen MR) is 67.0 cm³/mol. The quantitative estimate of drug-likeness (QED) is 0.711. The molecule has 0 atom stereocenters. The highest BCUT2D eigenvalue weighted by Gasteiger charge is 2.04. The van der Waals surface area contributed by atoms with Crippen LogP contribution in [-0.4, -0.2) is 18.0 Å². The van der Waals surface area contributed by atoms with Crippen molar-refractivity contribution in [1.29, 1.82) is 0 Å². The first-order valence-electron chi connectivity index (χ1n) is 5.91. The van der Waals surface area contributed by atoms with Gasteiger partial charge >= 0.3 is 0 Å². The second kappa shape index (κ2) is 5.92. The molecular formula is C14H23N. The summed E-state index contributed by atoms with van der Waals surface area (Å²) in [6, 6.07) is 9.57. The van der Waals surface area contributed by atoms with Crippen LogP contribution in [0.5, 0.6) is 0 Å². The van der Waals surface area contributed by atoms with E-state index in [0.29, 0.717) is 6.04 Å². The molecule has 0 N–H and O–H groups in total. The Morgan fingerprint density at radius 3 is 2.47 bits per heavy atom. The summed E-state index contributed by atoms with van der Waals surface area (Å²) in [6.45, 7) is 7.74. The van der Waals surface area contributed by atoms with Gasteiger partial charge in [-0.05, 0) is 38.4 Å². The monoisotopic (exact) mass is 205 g/mol. The molecule has 0 heterocycles. The van der Waals surface area contributed by atoms with Gasteiger partial charge in [0, 0.05) is 12.6 Å². The average molecular weight is 205 g/mol. The average Bonchev–Trinajstić information content (AvgIpc) is 2.18. The zero-order valence-electron chi connectivity index (χ0n) is 10.5. The third-order valence-corrected chi connectivity index (χ3v) is 2.84. The summed E-state index contributed by atoms with van der Waals surface area (Å²) in [5.74, 6) is 0. The van der Waals surface area contributed by atoms with Crippen molar-refractivity contribution in [3.05, 3.63) is 35.4 Å². The van der Waals surface area contributed by atoms with Crippen molar-refractivity contribution in [2.45, 2.75) is 46.2 Å². The van der Waals surface area contributed by atoms with Gasteiger partial charge in [-0.2, -0.15) is 0 Å². The fraction of sp³-hybridized carbons (Fsp3) is 0.571. The fourth-order valence-corrected chi connectivity index (χ4v) is 1.64. The summed E-state index contributed by atoms with van der Waals surface area (Å²) in [5, 5.41) is 0. The minimum atomic E-state index is 0.611. The Morgan fingerprint density at radius 1 is 1.20 bits per heavy atom.